The number of hydrogen-bond donors (Lipinski definition) is 0. The van der Waals surface area contributed by atoms with Gasteiger partial charge in [0.25, 0.3) is 0 Å². The van der Waals surface area contributed by atoms with Crippen molar-refractivity contribution in [3.8, 4) is 0 Å². The zero-order valence-corrected chi connectivity index (χ0v) is 11.0. The average molecular weight is 281 g/mol. The Morgan fingerprint density at radius 2 is 2.17 bits per heavy atom. The summed E-state index contributed by atoms with van der Waals surface area (Å²) in [6.07, 6.45) is 4.52. The maximum Gasteiger partial charge on any atom is 0.221 e. The number of halogens is 2. The molecule has 0 spiro atoms. The summed E-state index contributed by atoms with van der Waals surface area (Å²) in [6.45, 7) is 0. The van der Waals surface area contributed by atoms with Crippen LogP contribution in [0.2, 0.25) is 0 Å². The van der Waals surface area contributed by atoms with Crippen molar-refractivity contribution < 1.29 is 9.18 Å². The second kappa shape index (κ2) is 4.25. The van der Waals surface area contributed by atoms with Gasteiger partial charge in [-0.25, -0.2) is 4.39 Å². The molecule has 4 heteroatoms. The highest BCUT2D eigenvalue weighted by Crippen LogP contribution is 2.40. The van der Waals surface area contributed by atoms with E-state index in [4.69, 9.17) is 11.6 Å². The number of alkyl halides is 2. The smallest absolute Gasteiger partial charge is 0.221 e. The molecule has 2 atom stereocenters. The van der Waals surface area contributed by atoms with Gasteiger partial charge in [0.2, 0.25) is 5.13 Å². The molecule has 92 valence electrons. The van der Waals surface area contributed by atoms with Crippen molar-refractivity contribution >= 4 is 29.1 Å². The molecular weight excluding hydrogens is 271 g/mol. The molecule has 1 nitrogen and oxygen atoms in total. The molecule has 0 fully saturated rings. The van der Waals surface area contributed by atoms with Gasteiger partial charge in [0.15, 0.2) is 5.78 Å². The first-order valence-corrected chi connectivity index (χ1v) is 6.89. The summed E-state index contributed by atoms with van der Waals surface area (Å²) in [5, 5.41) is -2.16. The lowest BCUT2D eigenvalue weighted by atomic mass is 9.96. The van der Waals surface area contributed by atoms with E-state index in [1.807, 2.05) is 24.3 Å². The van der Waals surface area contributed by atoms with Crippen LogP contribution in [0.25, 0.3) is 0 Å². The van der Waals surface area contributed by atoms with Crippen molar-refractivity contribution in [3.63, 3.8) is 0 Å². The van der Waals surface area contributed by atoms with Gasteiger partial charge in [-0.3, -0.25) is 4.79 Å². The lowest BCUT2D eigenvalue weighted by Crippen LogP contribution is -2.22. The van der Waals surface area contributed by atoms with Gasteiger partial charge in [-0.2, -0.15) is 0 Å². The van der Waals surface area contributed by atoms with Crippen LogP contribution in [0.3, 0.4) is 0 Å². The standard InChI is InChI=1S/C14H10ClFOS/c15-14(16)6-5-13-10(8-14)11(17)7-9-3-1-2-4-12(9)18-13/h1-6,8,13H,7H2. The number of carbonyl (C=O) groups is 1. The molecule has 0 bridgehead atoms. The second-order valence-electron chi connectivity index (χ2n) is 4.38. The van der Waals surface area contributed by atoms with Gasteiger partial charge in [0.1, 0.15) is 0 Å². The number of carbonyl (C=O) groups excluding carboxylic acids is 1. The van der Waals surface area contributed by atoms with Gasteiger partial charge in [-0.05, 0) is 23.8 Å². The van der Waals surface area contributed by atoms with E-state index in [-0.39, 0.29) is 11.0 Å². The van der Waals surface area contributed by atoms with Gasteiger partial charge in [-0.15, -0.1) is 11.8 Å². The van der Waals surface area contributed by atoms with Crippen LogP contribution in [-0.2, 0) is 11.2 Å². The highest BCUT2D eigenvalue weighted by molar-refractivity contribution is 8.00. The minimum atomic E-state index is -2.03. The summed E-state index contributed by atoms with van der Waals surface area (Å²) in [4.78, 5) is 13.2. The molecule has 0 N–H and O–H groups in total. The maximum absolute atomic E-state index is 13.7. The molecule has 2 unspecified atom stereocenters. The predicted octanol–water partition coefficient (Wildman–Crippen LogP) is 3.67. The van der Waals surface area contributed by atoms with Gasteiger partial charge in [0, 0.05) is 16.9 Å². The molecule has 0 amide bonds. The molecule has 3 rings (SSSR count). The summed E-state index contributed by atoms with van der Waals surface area (Å²) < 4.78 is 13.7. The number of rotatable bonds is 0. The molecule has 0 aromatic heterocycles. The third-order valence-corrected chi connectivity index (χ3v) is 4.60. The van der Waals surface area contributed by atoms with E-state index < -0.39 is 5.13 Å². The highest BCUT2D eigenvalue weighted by atomic mass is 35.5. The molecule has 1 aliphatic carbocycles. The summed E-state index contributed by atoms with van der Waals surface area (Å²) in [5.74, 6) is -0.0514. The molecule has 1 heterocycles. The predicted molar refractivity (Wildman–Crippen MR) is 71.7 cm³/mol. The number of fused-ring (bicyclic) bond motifs is 2. The Hall–Kier alpha value is -1.06. The lowest BCUT2D eigenvalue weighted by Gasteiger charge is -2.21. The van der Waals surface area contributed by atoms with Crippen LogP contribution in [0, 0.1) is 0 Å². The summed E-state index contributed by atoms with van der Waals surface area (Å²) in [7, 11) is 0. The van der Waals surface area contributed by atoms with Crippen molar-refractivity contribution in [1.29, 1.82) is 0 Å². The Balaban J connectivity index is 2.06. The molecule has 0 saturated heterocycles. The first-order valence-electron chi connectivity index (χ1n) is 5.63. The van der Waals surface area contributed by atoms with Gasteiger partial charge in [0.05, 0.1) is 5.25 Å². The first kappa shape index (κ1) is 12.0. The third-order valence-electron chi connectivity index (χ3n) is 3.05. The number of thioether (sulfide) groups is 1. The van der Waals surface area contributed by atoms with Crippen LogP contribution in [0.15, 0.2) is 53.0 Å². The quantitative estimate of drug-likeness (QED) is 0.533. The van der Waals surface area contributed by atoms with Crippen LogP contribution in [-0.4, -0.2) is 16.2 Å². The summed E-state index contributed by atoms with van der Waals surface area (Å²) in [6, 6.07) is 7.78. The average Bonchev–Trinajstić information content (AvgIpc) is 2.45. The van der Waals surface area contributed by atoms with E-state index in [0.717, 1.165) is 10.5 Å². The van der Waals surface area contributed by atoms with Crippen LogP contribution in [0.4, 0.5) is 4.39 Å². The largest absolute Gasteiger partial charge is 0.294 e. The number of hydrogen-bond acceptors (Lipinski definition) is 2. The summed E-state index contributed by atoms with van der Waals surface area (Å²) in [5.41, 5.74) is 1.46. The van der Waals surface area contributed by atoms with E-state index in [9.17, 15) is 9.18 Å². The third kappa shape index (κ3) is 2.13. The normalized spacial score (nSPS) is 30.2. The SMILES string of the molecule is O=C1Cc2ccccc2SC2C=CC(F)(Cl)C=C12. The van der Waals surface area contributed by atoms with Crippen molar-refractivity contribution in [1.82, 2.24) is 0 Å². The number of allylic oxidation sites excluding steroid dienone is 2. The lowest BCUT2D eigenvalue weighted by molar-refractivity contribution is -0.115. The maximum atomic E-state index is 13.7. The zero-order chi connectivity index (χ0) is 12.8. The number of ketones is 1. The fraction of sp³-hybridized carbons (Fsp3) is 0.214. The molecule has 0 saturated carbocycles. The van der Waals surface area contributed by atoms with Crippen LogP contribution in [0.5, 0.6) is 0 Å². The Bertz CT molecular complexity index is 577. The summed E-state index contributed by atoms with van der Waals surface area (Å²) >= 11 is 7.20. The van der Waals surface area contributed by atoms with Crippen LogP contribution in [0.1, 0.15) is 5.56 Å². The van der Waals surface area contributed by atoms with Gasteiger partial charge < -0.3 is 0 Å². The number of Topliss-reactive ketones (excluding diaryl/α,β-unsaturated/α-hetero) is 1. The fourth-order valence-corrected chi connectivity index (χ4v) is 3.57. The number of benzene rings is 1. The molecule has 1 aromatic rings. The van der Waals surface area contributed by atoms with Crippen molar-refractivity contribution in [2.45, 2.75) is 21.7 Å². The van der Waals surface area contributed by atoms with Crippen molar-refractivity contribution in [2.75, 3.05) is 0 Å². The Morgan fingerprint density at radius 1 is 1.39 bits per heavy atom. The first-order chi connectivity index (χ1) is 8.55. The highest BCUT2D eigenvalue weighted by Gasteiger charge is 2.33. The van der Waals surface area contributed by atoms with E-state index in [0.29, 0.717) is 12.0 Å². The monoisotopic (exact) mass is 280 g/mol. The minimum Gasteiger partial charge on any atom is -0.294 e. The van der Waals surface area contributed by atoms with E-state index in [1.165, 1.54) is 12.2 Å². The second-order valence-corrected chi connectivity index (χ2v) is 6.14. The Morgan fingerprint density at radius 3 is 3.00 bits per heavy atom. The molecule has 1 aromatic carbocycles. The zero-order valence-electron chi connectivity index (χ0n) is 9.40. The minimum absolute atomic E-state index is 0.0514. The van der Waals surface area contributed by atoms with E-state index >= 15 is 0 Å². The molecule has 1 aliphatic heterocycles. The van der Waals surface area contributed by atoms with E-state index in [2.05, 4.69) is 0 Å². The van der Waals surface area contributed by atoms with Crippen LogP contribution < -0.4 is 0 Å². The molecule has 0 radical (unpaired) electrons. The van der Waals surface area contributed by atoms with Crippen LogP contribution >= 0.6 is 23.4 Å². The topological polar surface area (TPSA) is 17.1 Å². The van der Waals surface area contributed by atoms with Gasteiger partial charge >= 0.3 is 0 Å². The molecule has 18 heavy (non-hydrogen) atoms. The van der Waals surface area contributed by atoms with Crippen molar-refractivity contribution in [2.24, 2.45) is 0 Å². The Labute approximate surface area is 114 Å². The molecular formula is C14H10ClFOS. The molecule has 2 aliphatic rings. The van der Waals surface area contributed by atoms with Gasteiger partial charge in [-0.1, -0.05) is 35.9 Å². The van der Waals surface area contributed by atoms with E-state index in [1.54, 1.807) is 17.8 Å². The Kier molecular flexibility index (Phi) is 2.83. The van der Waals surface area contributed by atoms with Crippen molar-refractivity contribution in [3.05, 3.63) is 53.6 Å². The fourth-order valence-electron chi connectivity index (χ4n) is 2.18.